The molecule has 0 atom stereocenters. The number of allylic oxidation sites excluding steroid dienone is 8. The summed E-state index contributed by atoms with van der Waals surface area (Å²) in [6.45, 7) is 13.1. The van der Waals surface area contributed by atoms with E-state index in [0.29, 0.717) is 13.1 Å². The summed E-state index contributed by atoms with van der Waals surface area (Å²) in [5.41, 5.74) is 4.00. The zero-order valence-corrected chi connectivity index (χ0v) is 31.7. The Balaban J connectivity index is 1.69. The van der Waals surface area contributed by atoms with Crippen LogP contribution in [0.1, 0.15) is 38.8 Å². The molecule has 0 radical (unpaired) electrons. The summed E-state index contributed by atoms with van der Waals surface area (Å²) in [6, 6.07) is 21.1. The van der Waals surface area contributed by atoms with Gasteiger partial charge in [-0.05, 0) is 0 Å². The first kappa shape index (κ1) is 36.7. The van der Waals surface area contributed by atoms with E-state index in [1.54, 1.807) is 0 Å². The van der Waals surface area contributed by atoms with Crippen LogP contribution in [-0.2, 0) is 16.6 Å². The SMILES string of the molecule is Cc1ccc(N(CC(C)C)c2ccc(F)[c]([Ti]([c]3c(F)ccc(N(CC(C)C)c4ccc(C)cc4)c3F)([CH]3C=CC=C3)[CH]3C=CC=C3)c2F)cc1. The maximum atomic E-state index is 17.9. The normalized spacial score (nSPS) is 14.5. The number of hydrogen-bond acceptors (Lipinski definition) is 2. The van der Waals surface area contributed by atoms with Crippen molar-refractivity contribution >= 4 is 30.5 Å². The molecular formula is C44H46F4N2Ti. The van der Waals surface area contributed by atoms with E-state index >= 15 is 17.6 Å². The van der Waals surface area contributed by atoms with E-state index in [4.69, 9.17) is 0 Å². The second kappa shape index (κ2) is 15.2. The zero-order chi connectivity index (χ0) is 36.4. The Morgan fingerprint density at radius 1 is 0.510 bits per heavy atom. The average Bonchev–Trinajstić information content (AvgIpc) is 3.83. The van der Waals surface area contributed by atoms with Gasteiger partial charge in [-0.3, -0.25) is 0 Å². The molecule has 2 aliphatic carbocycles. The summed E-state index contributed by atoms with van der Waals surface area (Å²) >= 11 is -5.03. The number of halogens is 4. The van der Waals surface area contributed by atoms with E-state index < -0.39 is 48.3 Å². The Kier molecular flexibility index (Phi) is 10.9. The maximum absolute atomic E-state index is 17.9. The van der Waals surface area contributed by atoms with Crippen molar-refractivity contribution < 1.29 is 34.2 Å². The van der Waals surface area contributed by atoms with Gasteiger partial charge in [-0.15, -0.1) is 0 Å². The minimum absolute atomic E-state index is 0.132. The van der Waals surface area contributed by atoms with Crippen molar-refractivity contribution in [1.29, 1.82) is 0 Å². The average molecular weight is 727 g/mol. The van der Waals surface area contributed by atoms with Crippen molar-refractivity contribution in [3.05, 3.63) is 156 Å². The fraction of sp³-hybridized carbons (Fsp3) is 0.273. The predicted octanol–water partition coefficient (Wildman–Crippen LogP) is 11.4. The summed E-state index contributed by atoms with van der Waals surface area (Å²) in [6.07, 6.45) is 14.8. The van der Waals surface area contributed by atoms with E-state index in [1.807, 2.05) is 148 Å². The van der Waals surface area contributed by atoms with Crippen molar-refractivity contribution in [3.63, 3.8) is 0 Å². The number of nitrogens with zero attached hydrogens (tertiary/aromatic N) is 2. The van der Waals surface area contributed by atoms with Crippen molar-refractivity contribution in [1.82, 2.24) is 0 Å². The third-order valence-electron chi connectivity index (χ3n) is 9.88. The van der Waals surface area contributed by atoms with E-state index in [9.17, 15) is 0 Å². The van der Waals surface area contributed by atoms with Gasteiger partial charge in [0, 0.05) is 0 Å². The second-order valence-corrected chi connectivity index (χ2v) is 21.0. The summed E-state index contributed by atoms with van der Waals surface area (Å²) < 4.78 is 68.1. The van der Waals surface area contributed by atoms with Gasteiger partial charge < -0.3 is 0 Å². The second-order valence-electron chi connectivity index (χ2n) is 14.7. The van der Waals surface area contributed by atoms with Crippen molar-refractivity contribution in [2.75, 3.05) is 22.9 Å². The van der Waals surface area contributed by atoms with Crippen molar-refractivity contribution in [2.45, 2.75) is 50.0 Å². The molecule has 0 bridgehead atoms. The molecule has 0 amide bonds. The van der Waals surface area contributed by atoms with Crippen LogP contribution in [0.5, 0.6) is 0 Å². The number of hydrogen-bond donors (Lipinski definition) is 0. The standard InChI is InChI=1S/2C17H18F2N.2C5H5.Ti/c2*1-12(2)11-20(15-7-4-13(3)5-8-15)17-9-6-14(18)10-16(17)19;2*1-2-4-5-3-1;/h2*4-9,12H,11H2,1-3H3;2*1-5H;. The molecule has 0 unspecified atom stereocenters. The Labute approximate surface area is 303 Å². The van der Waals surface area contributed by atoms with Gasteiger partial charge in [0.2, 0.25) is 0 Å². The zero-order valence-electron chi connectivity index (χ0n) is 30.2. The Bertz CT molecular complexity index is 1820. The van der Waals surface area contributed by atoms with Crippen LogP contribution in [0.25, 0.3) is 0 Å². The molecule has 0 saturated carbocycles. The monoisotopic (exact) mass is 726 g/mol. The molecular weight excluding hydrogens is 680 g/mol. The predicted molar refractivity (Wildman–Crippen MR) is 202 cm³/mol. The summed E-state index contributed by atoms with van der Waals surface area (Å²) in [4.78, 5) is 3.72. The van der Waals surface area contributed by atoms with Crippen LogP contribution in [0.2, 0.25) is 8.45 Å². The van der Waals surface area contributed by atoms with Gasteiger partial charge in [0.05, 0.1) is 0 Å². The third kappa shape index (κ3) is 7.06. The molecule has 0 aliphatic heterocycles. The molecule has 264 valence electrons. The van der Waals surface area contributed by atoms with Gasteiger partial charge in [0.15, 0.2) is 0 Å². The first-order chi connectivity index (χ1) is 24.4. The molecule has 4 aromatic carbocycles. The van der Waals surface area contributed by atoms with Crippen LogP contribution in [0.4, 0.5) is 40.3 Å². The molecule has 0 saturated heterocycles. The molecule has 4 aromatic rings. The van der Waals surface area contributed by atoms with E-state index in [1.165, 1.54) is 24.3 Å². The number of benzene rings is 4. The quantitative estimate of drug-likeness (QED) is 0.106. The molecule has 0 aromatic heterocycles. The molecule has 0 heterocycles. The topological polar surface area (TPSA) is 6.48 Å². The van der Waals surface area contributed by atoms with Crippen LogP contribution in [0.3, 0.4) is 0 Å². The Morgan fingerprint density at radius 2 is 0.843 bits per heavy atom. The Morgan fingerprint density at radius 3 is 1.16 bits per heavy atom. The number of rotatable bonds is 12. The molecule has 2 nitrogen and oxygen atoms in total. The van der Waals surface area contributed by atoms with Gasteiger partial charge in [-0.2, -0.15) is 0 Å². The molecule has 51 heavy (non-hydrogen) atoms. The van der Waals surface area contributed by atoms with Gasteiger partial charge in [0.1, 0.15) is 0 Å². The van der Waals surface area contributed by atoms with Crippen LogP contribution in [0, 0.1) is 49.0 Å². The van der Waals surface area contributed by atoms with E-state index in [-0.39, 0.29) is 30.9 Å². The number of aryl methyl sites for hydroxylation is 2. The first-order valence-corrected chi connectivity index (χ1v) is 21.1. The summed E-state index contributed by atoms with van der Waals surface area (Å²) in [5, 5.41) is 0. The molecule has 0 fully saturated rings. The molecule has 6 rings (SSSR count). The minimum atomic E-state index is -5.03. The molecule has 0 spiro atoms. The van der Waals surface area contributed by atoms with Gasteiger partial charge in [-0.1, -0.05) is 0 Å². The van der Waals surface area contributed by atoms with Crippen molar-refractivity contribution in [3.8, 4) is 0 Å². The van der Waals surface area contributed by atoms with E-state index in [0.717, 1.165) is 22.5 Å². The van der Waals surface area contributed by atoms with Crippen LogP contribution >= 0.6 is 0 Å². The van der Waals surface area contributed by atoms with Crippen molar-refractivity contribution in [2.24, 2.45) is 11.8 Å². The van der Waals surface area contributed by atoms with Gasteiger partial charge >= 0.3 is 305 Å². The van der Waals surface area contributed by atoms with E-state index in [2.05, 4.69) is 0 Å². The molecule has 2 aliphatic rings. The molecule has 0 N–H and O–H groups in total. The molecule has 7 heteroatoms. The fourth-order valence-corrected chi connectivity index (χ4v) is 16.4. The first-order valence-electron chi connectivity index (χ1n) is 17.8. The van der Waals surface area contributed by atoms with Gasteiger partial charge in [0.25, 0.3) is 0 Å². The summed E-state index contributed by atoms with van der Waals surface area (Å²) in [5.74, 6) is -2.83. The Hall–Kier alpha value is -4.13. The fourth-order valence-electron chi connectivity index (χ4n) is 7.61. The van der Waals surface area contributed by atoms with Crippen LogP contribution in [-0.4, -0.2) is 13.1 Å². The van der Waals surface area contributed by atoms with Gasteiger partial charge in [-0.25, -0.2) is 0 Å². The third-order valence-corrected chi connectivity index (χ3v) is 18.4. The van der Waals surface area contributed by atoms with Crippen LogP contribution in [0.15, 0.2) is 121 Å². The summed E-state index contributed by atoms with van der Waals surface area (Å²) in [7, 11) is 0. The van der Waals surface area contributed by atoms with Crippen LogP contribution < -0.4 is 17.5 Å². The number of anilines is 4.